The number of benzene rings is 2. The van der Waals surface area contributed by atoms with Crippen LogP contribution in [0.15, 0.2) is 42.5 Å². The summed E-state index contributed by atoms with van der Waals surface area (Å²) in [4.78, 5) is 34.2. The Kier molecular flexibility index (Phi) is 5.24. The number of rotatable bonds is 6. The fraction of sp³-hybridized carbons (Fsp3) is 0.423. The molecule has 2 amide bonds. The van der Waals surface area contributed by atoms with Gasteiger partial charge >= 0.3 is 0 Å². The van der Waals surface area contributed by atoms with E-state index in [2.05, 4.69) is 30.5 Å². The predicted molar refractivity (Wildman–Crippen MR) is 129 cm³/mol. The molecule has 0 unspecified atom stereocenters. The molecule has 2 aliphatic heterocycles. The minimum Gasteiger partial charge on any atom is -0.340 e. The topological polar surface area (TPSA) is 84.5 Å². The summed E-state index contributed by atoms with van der Waals surface area (Å²) < 4.78 is 2.25. The molecule has 3 heterocycles. The van der Waals surface area contributed by atoms with Crippen LogP contribution < -0.4 is 10.6 Å². The Morgan fingerprint density at radius 1 is 1.18 bits per heavy atom. The molecular formula is C26H31N5O2. The van der Waals surface area contributed by atoms with Crippen molar-refractivity contribution >= 4 is 28.5 Å². The van der Waals surface area contributed by atoms with E-state index in [0.717, 1.165) is 46.6 Å². The number of carbonyl (C=O) groups is 2. The van der Waals surface area contributed by atoms with Crippen LogP contribution in [0.25, 0.3) is 11.0 Å². The molecule has 7 nitrogen and oxygen atoms in total. The van der Waals surface area contributed by atoms with E-state index in [9.17, 15) is 9.59 Å². The van der Waals surface area contributed by atoms with Gasteiger partial charge in [0, 0.05) is 38.8 Å². The number of aryl methyl sites for hydroxylation is 1. The number of hydrogen-bond acceptors (Lipinski definition) is 4. The molecular weight excluding hydrogens is 414 g/mol. The Bertz CT molecular complexity index is 1240. The third-order valence-electron chi connectivity index (χ3n) is 7.09. The quantitative estimate of drug-likeness (QED) is 0.632. The van der Waals surface area contributed by atoms with Crippen molar-refractivity contribution < 1.29 is 9.59 Å². The van der Waals surface area contributed by atoms with Crippen LogP contribution in [-0.2, 0) is 34.6 Å². The van der Waals surface area contributed by atoms with E-state index in [-0.39, 0.29) is 11.8 Å². The summed E-state index contributed by atoms with van der Waals surface area (Å²) in [5.41, 5.74) is 10.2. The molecule has 1 fully saturated rings. The fourth-order valence-corrected chi connectivity index (χ4v) is 5.14. The Hall–Kier alpha value is -3.19. The Morgan fingerprint density at radius 3 is 2.64 bits per heavy atom. The van der Waals surface area contributed by atoms with Crippen LogP contribution in [0.4, 0.5) is 5.69 Å². The van der Waals surface area contributed by atoms with Crippen LogP contribution in [0.2, 0.25) is 0 Å². The fourth-order valence-electron chi connectivity index (χ4n) is 5.14. The summed E-state index contributed by atoms with van der Waals surface area (Å²) in [7, 11) is 0. The van der Waals surface area contributed by atoms with Crippen LogP contribution in [0.1, 0.15) is 44.1 Å². The van der Waals surface area contributed by atoms with Crippen LogP contribution >= 0.6 is 0 Å². The minimum absolute atomic E-state index is 0.00976. The first-order valence-corrected chi connectivity index (χ1v) is 11.7. The smallest absolute Gasteiger partial charge is 0.241 e. The third-order valence-corrected chi connectivity index (χ3v) is 7.09. The molecule has 33 heavy (non-hydrogen) atoms. The standard InChI is InChI=1S/C26H31N5O2/c1-17(2)10-11-30-23-9-8-19(13-27)12-21(23)28-24(30)14-31-22-7-5-4-6-20(22)26(25(31)33)15-29(16-26)18(3)32/h4-9,12,17H,10-11,13-16,27H2,1-3H3. The number of carbonyl (C=O) groups excluding carboxylic acids is 2. The van der Waals surface area contributed by atoms with Crippen molar-refractivity contribution in [3.8, 4) is 0 Å². The van der Waals surface area contributed by atoms with Crippen molar-refractivity contribution in [1.82, 2.24) is 14.5 Å². The summed E-state index contributed by atoms with van der Waals surface area (Å²) >= 11 is 0. The summed E-state index contributed by atoms with van der Waals surface area (Å²) in [6, 6.07) is 14.2. The molecule has 3 aromatic rings. The number of amides is 2. The number of nitrogens with two attached hydrogens (primary N) is 1. The van der Waals surface area contributed by atoms with Crippen LogP contribution in [0.3, 0.4) is 0 Å². The van der Waals surface area contributed by atoms with E-state index in [1.807, 2.05) is 35.2 Å². The Balaban J connectivity index is 1.53. The molecule has 2 N–H and O–H groups in total. The largest absolute Gasteiger partial charge is 0.340 e. The zero-order valence-electron chi connectivity index (χ0n) is 19.5. The molecule has 0 saturated carbocycles. The first-order valence-electron chi connectivity index (χ1n) is 11.7. The summed E-state index contributed by atoms with van der Waals surface area (Å²) in [5, 5.41) is 0. The zero-order valence-corrected chi connectivity index (χ0v) is 19.5. The van der Waals surface area contributed by atoms with Crippen molar-refractivity contribution in [2.75, 3.05) is 18.0 Å². The van der Waals surface area contributed by atoms with E-state index in [0.29, 0.717) is 32.1 Å². The Labute approximate surface area is 194 Å². The van der Waals surface area contributed by atoms with Gasteiger partial charge in [0.1, 0.15) is 11.2 Å². The number of anilines is 1. The van der Waals surface area contributed by atoms with Crippen molar-refractivity contribution in [2.45, 2.75) is 52.2 Å². The summed E-state index contributed by atoms with van der Waals surface area (Å²) in [5.74, 6) is 1.51. The van der Waals surface area contributed by atoms with Gasteiger partial charge in [0.25, 0.3) is 0 Å². The number of hydrogen-bond donors (Lipinski definition) is 1. The molecule has 1 saturated heterocycles. The maximum absolute atomic E-state index is 13.8. The van der Waals surface area contributed by atoms with Crippen LogP contribution in [-0.4, -0.2) is 39.4 Å². The molecule has 2 aromatic carbocycles. The molecule has 0 bridgehead atoms. The lowest BCUT2D eigenvalue weighted by Gasteiger charge is -2.46. The highest BCUT2D eigenvalue weighted by molar-refractivity contribution is 6.10. The summed E-state index contributed by atoms with van der Waals surface area (Å²) in [6.07, 6.45) is 1.03. The van der Waals surface area contributed by atoms with Crippen molar-refractivity contribution in [1.29, 1.82) is 0 Å². The second kappa shape index (κ2) is 7.99. The van der Waals surface area contributed by atoms with Crippen molar-refractivity contribution in [3.05, 3.63) is 59.4 Å². The predicted octanol–water partition coefficient (Wildman–Crippen LogP) is 3.19. The lowest BCUT2D eigenvalue weighted by atomic mass is 9.74. The maximum Gasteiger partial charge on any atom is 0.241 e. The normalized spacial score (nSPS) is 16.7. The lowest BCUT2D eigenvalue weighted by molar-refractivity contribution is -0.142. The van der Waals surface area contributed by atoms with Crippen molar-refractivity contribution in [3.63, 3.8) is 0 Å². The molecule has 1 aromatic heterocycles. The van der Waals surface area contributed by atoms with Gasteiger partial charge in [-0.3, -0.25) is 9.59 Å². The molecule has 1 spiro atoms. The third kappa shape index (κ3) is 3.42. The maximum atomic E-state index is 13.8. The number of aromatic nitrogens is 2. The molecule has 0 aliphatic carbocycles. The highest BCUT2D eigenvalue weighted by atomic mass is 16.2. The van der Waals surface area contributed by atoms with Crippen LogP contribution in [0, 0.1) is 5.92 Å². The molecule has 5 rings (SSSR count). The lowest BCUT2D eigenvalue weighted by Crippen LogP contribution is -2.64. The van der Waals surface area contributed by atoms with Gasteiger partial charge in [-0.05, 0) is 41.7 Å². The second-order valence-corrected chi connectivity index (χ2v) is 9.76. The highest BCUT2D eigenvalue weighted by Gasteiger charge is 2.58. The molecule has 7 heteroatoms. The van der Waals surface area contributed by atoms with Gasteiger partial charge in [0.15, 0.2) is 0 Å². The number of para-hydroxylation sites is 1. The average molecular weight is 446 g/mol. The van der Waals surface area contributed by atoms with Gasteiger partial charge in [-0.2, -0.15) is 0 Å². The first-order chi connectivity index (χ1) is 15.8. The minimum atomic E-state index is -0.635. The number of likely N-dealkylation sites (tertiary alicyclic amines) is 1. The van der Waals surface area contributed by atoms with Gasteiger partial charge in [0.2, 0.25) is 11.8 Å². The number of fused-ring (bicyclic) bond motifs is 3. The number of imidazole rings is 1. The SMILES string of the molecule is CC(=O)N1CC2(C1)C(=O)N(Cc1nc3cc(CN)ccc3n1CCC(C)C)c1ccccc12. The van der Waals surface area contributed by atoms with Gasteiger partial charge in [-0.1, -0.05) is 38.1 Å². The van der Waals surface area contributed by atoms with E-state index in [4.69, 9.17) is 10.7 Å². The average Bonchev–Trinajstić information content (AvgIpc) is 3.23. The van der Waals surface area contributed by atoms with E-state index in [1.54, 1.807) is 11.8 Å². The second-order valence-electron chi connectivity index (χ2n) is 9.76. The molecule has 2 aliphatic rings. The van der Waals surface area contributed by atoms with Gasteiger partial charge < -0.3 is 20.1 Å². The van der Waals surface area contributed by atoms with E-state index >= 15 is 0 Å². The molecule has 172 valence electrons. The van der Waals surface area contributed by atoms with Gasteiger partial charge in [-0.25, -0.2) is 4.98 Å². The van der Waals surface area contributed by atoms with Crippen molar-refractivity contribution in [2.24, 2.45) is 11.7 Å². The highest BCUT2D eigenvalue weighted by Crippen LogP contribution is 2.47. The van der Waals surface area contributed by atoms with Gasteiger partial charge in [0.05, 0.1) is 17.6 Å². The Morgan fingerprint density at radius 2 is 1.94 bits per heavy atom. The molecule has 0 radical (unpaired) electrons. The van der Waals surface area contributed by atoms with E-state index < -0.39 is 5.41 Å². The van der Waals surface area contributed by atoms with E-state index in [1.165, 1.54) is 0 Å². The van der Waals surface area contributed by atoms with Gasteiger partial charge in [-0.15, -0.1) is 0 Å². The monoisotopic (exact) mass is 445 g/mol. The number of nitrogens with zero attached hydrogens (tertiary/aromatic N) is 4. The zero-order chi connectivity index (χ0) is 23.3. The van der Waals surface area contributed by atoms with Crippen LogP contribution in [0.5, 0.6) is 0 Å². The first kappa shape index (κ1) is 21.6. The molecule has 0 atom stereocenters. The summed E-state index contributed by atoms with van der Waals surface area (Å²) in [6.45, 7) is 8.59.